The number of methoxy groups -OCH3 is 1. The number of aromatic hydroxyl groups is 2. The zero-order valence-electron chi connectivity index (χ0n) is 49.0. The Kier molecular flexibility index (Phi) is 18.5. The molecule has 0 bridgehead atoms. The van der Waals surface area contributed by atoms with E-state index in [0.29, 0.717) is 23.1 Å². The Morgan fingerprint density at radius 2 is 1.64 bits per heavy atom. The minimum absolute atomic E-state index is 0.00637. The minimum Gasteiger partial charge on any atom is -0.505 e. The van der Waals surface area contributed by atoms with Crippen LogP contribution in [0, 0.1) is 11.8 Å². The molecule has 18 nitrogen and oxygen atoms in total. The van der Waals surface area contributed by atoms with E-state index in [2.05, 4.69) is 0 Å². The van der Waals surface area contributed by atoms with Gasteiger partial charge in [-0.05, 0) is 90.5 Å². The summed E-state index contributed by atoms with van der Waals surface area (Å²) < 4.78 is 101. The molecule has 3 heterocycles. The second kappa shape index (κ2) is 26.5. The minimum atomic E-state index is -3.76. The number of cyclic esters (lactones) is 1. The van der Waals surface area contributed by atoms with Gasteiger partial charge in [-0.3, -0.25) is 4.79 Å². The van der Waals surface area contributed by atoms with Crippen LogP contribution in [-0.2, 0) is 53.9 Å². The van der Waals surface area contributed by atoms with Gasteiger partial charge in [0.2, 0.25) is 0 Å². The van der Waals surface area contributed by atoms with Gasteiger partial charge in [0.1, 0.15) is 46.7 Å². The number of allylic oxidation sites excluding steroid dienone is 4. The number of carbonyl (C=O) groups is 3. The molecule has 2 fully saturated rings. The van der Waals surface area contributed by atoms with E-state index in [1.165, 1.54) is 47.0 Å². The summed E-state index contributed by atoms with van der Waals surface area (Å²) in [7, 11) is 1.23. The number of ether oxygens (including phenoxy) is 8. The molecular formula is C52H74Cl2O18. The van der Waals surface area contributed by atoms with E-state index in [1.807, 2.05) is 6.92 Å². The summed E-state index contributed by atoms with van der Waals surface area (Å²) in [6.07, 6.45) is -8.85. The van der Waals surface area contributed by atoms with Crippen LogP contribution in [0.1, 0.15) is 121 Å². The van der Waals surface area contributed by atoms with E-state index in [0.717, 1.165) is 0 Å². The quantitative estimate of drug-likeness (QED) is 0.0655. The van der Waals surface area contributed by atoms with Gasteiger partial charge < -0.3 is 73.6 Å². The fraction of sp³-hybridized carbons (Fsp3) is 0.635. The first-order valence-electron chi connectivity index (χ1n) is 27.0. The number of esters is 3. The average molecular weight is 1070 g/mol. The summed E-state index contributed by atoms with van der Waals surface area (Å²) in [6, 6.07) is 0. The summed E-state index contributed by atoms with van der Waals surface area (Å²) in [5.74, 6) is -9.79. The van der Waals surface area contributed by atoms with Gasteiger partial charge in [0.15, 0.2) is 36.3 Å². The first-order chi connectivity index (χ1) is 36.5. The van der Waals surface area contributed by atoms with Crippen molar-refractivity contribution >= 4 is 41.1 Å². The van der Waals surface area contributed by atoms with Crippen molar-refractivity contribution in [3.63, 3.8) is 0 Å². The van der Waals surface area contributed by atoms with Crippen molar-refractivity contribution in [2.24, 2.45) is 11.8 Å². The second-order valence-electron chi connectivity index (χ2n) is 18.6. The van der Waals surface area contributed by atoms with Gasteiger partial charge in [-0.15, -0.1) is 0 Å². The van der Waals surface area contributed by atoms with Gasteiger partial charge in [-0.25, -0.2) is 9.59 Å². The monoisotopic (exact) mass is 1060 g/mol. The van der Waals surface area contributed by atoms with Gasteiger partial charge in [0, 0.05) is 29.0 Å². The van der Waals surface area contributed by atoms with Crippen LogP contribution >= 0.6 is 23.2 Å². The van der Waals surface area contributed by atoms with Crippen LogP contribution in [0.2, 0.25) is 10.0 Å². The maximum Gasteiger partial charge on any atom is 0.342 e. The number of benzene rings is 1. The average Bonchev–Trinajstić information content (AvgIpc) is 3.37. The Labute approximate surface area is 441 Å². The molecule has 72 heavy (non-hydrogen) atoms. The third-order valence-electron chi connectivity index (χ3n) is 12.7. The molecule has 1 aromatic carbocycles. The maximum atomic E-state index is 14.0. The van der Waals surface area contributed by atoms with E-state index in [1.54, 1.807) is 52.0 Å². The lowest BCUT2D eigenvalue weighted by atomic mass is 9.88. The van der Waals surface area contributed by atoms with Crippen molar-refractivity contribution in [2.75, 3.05) is 13.7 Å². The van der Waals surface area contributed by atoms with Crippen LogP contribution in [0.4, 0.5) is 0 Å². The highest BCUT2D eigenvalue weighted by molar-refractivity contribution is 6.39. The fourth-order valence-electron chi connectivity index (χ4n) is 8.51. The van der Waals surface area contributed by atoms with Gasteiger partial charge >= 0.3 is 17.9 Å². The van der Waals surface area contributed by atoms with E-state index < -0.39 is 157 Å². The lowest BCUT2D eigenvalue weighted by Gasteiger charge is -2.47. The van der Waals surface area contributed by atoms with Crippen LogP contribution in [0.15, 0.2) is 58.7 Å². The van der Waals surface area contributed by atoms with E-state index in [9.17, 15) is 50.1 Å². The second-order valence-corrected chi connectivity index (χ2v) is 19.3. The zero-order chi connectivity index (χ0) is 60.0. The first-order valence-corrected chi connectivity index (χ1v) is 24.2. The molecule has 3 aliphatic heterocycles. The van der Waals surface area contributed by atoms with Gasteiger partial charge in [0.25, 0.3) is 0 Å². The molecule has 3 aliphatic rings. The Hall–Kier alpha value is -3.89. The number of aliphatic hydroxyl groups excluding tert-OH is 5. The Morgan fingerprint density at radius 3 is 2.25 bits per heavy atom. The van der Waals surface area contributed by atoms with E-state index in [-0.39, 0.29) is 35.4 Å². The lowest BCUT2D eigenvalue weighted by molar-refractivity contribution is -0.333. The topological polar surface area (TPSA) is 267 Å². The molecular weight excluding hydrogens is 983 g/mol. The molecule has 1 aromatic rings. The lowest BCUT2D eigenvalue weighted by Crippen LogP contribution is -2.64. The molecule has 1 unspecified atom stereocenters. The Bertz CT molecular complexity index is 2480. The molecule has 404 valence electrons. The molecule has 4 rings (SSSR count). The Balaban J connectivity index is 1.62. The van der Waals surface area contributed by atoms with Crippen LogP contribution in [0.5, 0.6) is 11.5 Å². The molecule has 14 atom stereocenters. The number of phenols is 2. The van der Waals surface area contributed by atoms with Gasteiger partial charge in [-0.2, -0.15) is 0 Å². The van der Waals surface area contributed by atoms with E-state index >= 15 is 0 Å². The fourth-order valence-corrected chi connectivity index (χ4v) is 9.07. The summed E-state index contributed by atoms with van der Waals surface area (Å²) >= 11 is 12.3. The number of aliphatic hydroxyl groups is 5. The maximum absolute atomic E-state index is 14.0. The number of halogens is 2. The first kappa shape index (κ1) is 50.3. The van der Waals surface area contributed by atoms with Crippen LogP contribution in [-0.4, -0.2) is 153 Å². The summed E-state index contributed by atoms with van der Waals surface area (Å²) in [4.78, 5) is 40.8. The van der Waals surface area contributed by atoms with Crippen molar-refractivity contribution in [1.82, 2.24) is 0 Å². The van der Waals surface area contributed by atoms with Crippen molar-refractivity contribution < 1.29 is 97.6 Å². The summed E-state index contributed by atoms with van der Waals surface area (Å²) in [6.45, 7) is 6.21. The standard InChI is InChI=1S/C52H74Cl2O18/c1-13-30-22-26(6)33(56)18-16-15-17-31(23-66-51-45(65-12)42(61)44(29(9)67-51)69-49(64)35-32(14-2)36(53)39(58)37(54)38(35)57)48(63)68-34(28(8)55)20-19-25(5)21-27(7)43(30)70-50-41(60)40(59)46(52(10,11)72-50)71-47(62)24(3)4/h15-17,19,21-22,24,28-30,33-34,40-46,50-51,55-61H,13-14,18,20,23H2,1-12H3/b16-15-,25-19-,26-22-,27-21-,31-17-/t28-,29-,30+,33-,34+,40+,41-,42+,43+,44-,45+,46-,50?,51-/m1/s1/i3D3,4D3,24D. The van der Waals surface area contributed by atoms with E-state index in [4.69, 9.17) is 70.7 Å². The largest absolute Gasteiger partial charge is 0.505 e. The summed E-state index contributed by atoms with van der Waals surface area (Å²) in [5, 5.41) is 76.8. The molecule has 0 saturated carbocycles. The van der Waals surface area contributed by atoms with Crippen molar-refractivity contribution in [2.45, 2.75) is 187 Å². The molecule has 20 heteroatoms. The van der Waals surface area contributed by atoms with Crippen LogP contribution < -0.4 is 0 Å². The normalized spacial score (nSPS) is 36.8. The number of hydrogen-bond donors (Lipinski definition) is 7. The van der Waals surface area contributed by atoms with Crippen molar-refractivity contribution in [3.05, 3.63) is 79.9 Å². The number of phenolic OH excluding ortho intramolecular Hbond substituents is 2. The number of hydrogen-bond acceptors (Lipinski definition) is 18. The van der Waals surface area contributed by atoms with Gasteiger partial charge in [0.05, 0.1) is 47.5 Å². The molecule has 0 aromatic heterocycles. The van der Waals surface area contributed by atoms with Gasteiger partial charge in [-0.1, -0.05) is 86.7 Å². The Morgan fingerprint density at radius 1 is 0.958 bits per heavy atom. The van der Waals surface area contributed by atoms with Crippen LogP contribution in [0.25, 0.3) is 0 Å². The number of rotatable bonds is 13. The summed E-state index contributed by atoms with van der Waals surface area (Å²) in [5.41, 5.74) is -0.683. The van der Waals surface area contributed by atoms with Crippen LogP contribution in [0.3, 0.4) is 0 Å². The molecule has 0 amide bonds. The smallest absolute Gasteiger partial charge is 0.342 e. The highest BCUT2D eigenvalue weighted by Crippen LogP contribution is 2.45. The predicted molar refractivity (Wildman–Crippen MR) is 265 cm³/mol. The highest BCUT2D eigenvalue weighted by Gasteiger charge is 2.53. The SMILES string of the molecule is [2H]C([2H])([2H])C([2H])(C(=O)O[C@@H]1[C@@H](O)[C@@H](O)C(O[C@H]2/C(C)=C\C(C)=C/C[C@@H]([C@@H](C)O)OC(=O)/C(CO[C@@H]3O[C@H](C)[C@@H](OC(=O)c4c(O)c(Cl)c(O)c(Cl)c4CC)[C@H](O)[C@@H]3OC)=C\C=C/C[C@@H](O)/C(C)=C\[C@@H]2CC)OC1(C)C)C([2H])([2H])[2H]. The third-order valence-corrected chi connectivity index (χ3v) is 13.5. The third kappa shape index (κ3) is 14.7. The molecule has 0 aliphatic carbocycles. The molecule has 2 saturated heterocycles. The number of carbonyl (C=O) groups excluding carboxylic acids is 3. The predicted octanol–water partition coefficient (Wildman–Crippen LogP) is 6.23. The molecule has 0 radical (unpaired) electrons. The van der Waals surface area contributed by atoms with Crippen molar-refractivity contribution in [1.29, 1.82) is 0 Å². The van der Waals surface area contributed by atoms with Crippen molar-refractivity contribution in [3.8, 4) is 11.5 Å². The molecule has 7 N–H and O–H groups in total. The molecule has 0 spiro atoms. The highest BCUT2D eigenvalue weighted by atomic mass is 35.5. The zero-order valence-corrected chi connectivity index (χ0v) is 43.5.